The smallest absolute Gasteiger partial charge is 0.229 e. The fraction of sp³-hybridized carbons (Fsp3) is 0.200. The number of anilines is 1. The first-order chi connectivity index (χ1) is 6.97. The van der Waals surface area contributed by atoms with Crippen LogP contribution in [-0.4, -0.2) is 19.7 Å². The quantitative estimate of drug-likeness (QED) is 0.817. The monoisotopic (exact) mass is 224 g/mol. The van der Waals surface area contributed by atoms with Crippen molar-refractivity contribution in [3.8, 4) is 0 Å². The summed E-state index contributed by atoms with van der Waals surface area (Å²) in [6, 6.07) is 7.58. The van der Waals surface area contributed by atoms with Gasteiger partial charge in [-0.15, -0.1) is 0 Å². The number of hydrogen-bond donors (Lipinski definition) is 2. The first-order valence-corrected chi connectivity index (χ1v) is 6.41. The van der Waals surface area contributed by atoms with Crippen LogP contribution in [0.5, 0.6) is 0 Å². The van der Waals surface area contributed by atoms with Crippen molar-refractivity contribution in [2.24, 2.45) is 0 Å². The molecule has 1 aromatic heterocycles. The first-order valence-electron chi connectivity index (χ1n) is 4.52. The van der Waals surface area contributed by atoms with E-state index in [2.05, 4.69) is 9.71 Å². The number of fused-ring (bicyclic) bond motifs is 1. The Bertz CT molecular complexity index is 599. The summed E-state index contributed by atoms with van der Waals surface area (Å²) >= 11 is 0. The van der Waals surface area contributed by atoms with Crippen LogP contribution >= 0.6 is 0 Å². The van der Waals surface area contributed by atoms with E-state index in [1.165, 1.54) is 0 Å². The van der Waals surface area contributed by atoms with Crippen LogP contribution in [0.15, 0.2) is 24.3 Å². The summed E-state index contributed by atoms with van der Waals surface area (Å²) < 4.78 is 24.9. The minimum absolute atomic E-state index is 0.633. The van der Waals surface area contributed by atoms with Gasteiger partial charge in [-0.3, -0.25) is 4.72 Å². The van der Waals surface area contributed by atoms with E-state index in [9.17, 15) is 8.42 Å². The van der Waals surface area contributed by atoms with Crippen molar-refractivity contribution in [2.75, 3.05) is 11.0 Å². The Morgan fingerprint density at radius 2 is 1.93 bits per heavy atom. The van der Waals surface area contributed by atoms with Gasteiger partial charge >= 0.3 is 0 Å². The number of sulfonamides is 1. The predicted octanol–water partition coefficient (Wildman–Crippen LogP) is 1.85. The molecule has 0 bridgehead atoms. The van der Waals surface area contributed by atoms with Crippen LogP contribution in [0.1, 0.15) is 5.69 Å². The van der Waals surface area contributed by atoms with Crippen LogP contribution in [0.25, 0.3) is 10.9 Å². The highest BCUT2D eigenvalue weighted by atomic mass is 32.2. The van der Waals surface area contributed by atoms with Gasteiger partial charge in [0.2, 0.25) is 10.0 Å². The second-order valence-corrected chi connectivity index (χ2v) is 5.29. The standard InChI is InChI=1S/C10H12N2O2S/c1-7-10(12-15(2,13)14)8-5-3-4-6-9(8)11-7/h3-6,11-12H,1-2H3. The van der Waals surface area contributed by atoms with Crippen molar-refractivity contribution >= 4 is 26.6 Å². The SMILES string of the molecule is Cc1[nH]c2ccccc2c1NS(C)(=O)=O. The Kier molecular flexibility index (Phi) is 2.19. The topological polar surface area (TPSA) is 62.0 Å². The molecule has 2 aromatic rings. The lowest BCUT2D eigenvalue weighted by Crippen LogP contribution is -2.09. The Morgan fingerprint density at radius 3 is 2.60 bits per heavy atom. The molecule has 0 atom stereocenters. The van der Waals surface area contributed by atoms with E-state index >= 15 is 0 Å². The lowest BCUT2D eigenvalue weighted by atomic mass is 10.2. The number of hydrogen-bond acceptors (Lipinski definition) is 2. The van der Waals surface area contributed by atoms with Gasteiger partial charge in [-0.2, -0.15) is 0 Å². The summed E-state index contributed by atoms with van der Waals surface area (Å²) in [6.07, 6.45) is 1.15. The molecule has 0 radical (unpaired) electrons. The minimum Gasteiger partial charge on any atom is -0.357 e. The van der Waals surface area contributed by atoms with E-state index in [1.54, 1.807) is 0 Å². The van der Waals surface area contributed by atoms with Crippen molar-refractivity contribution in [3.05, 3.63) is 30.0 Å². The van der Waals surface area contributed by atoms with Crippen LogP contribution in [0.2, 0.25) is 0 Å². The van der Waals surface area contributed by atoms with E-state index < -0.39 is 10.0 Å². The van der Waals surface area contributed by atoms with Gasteiger partial charge in [0.05, 0.1) is 11.9 Å². The van der Waals surface area contributed by atoms with Crippen LogP contribution in [0.3, 0.4) is 0 Å². The summed E-state index contributed by atoms with van der Waals surface area (Å²) in [5.74, 6) is 0. The molecule has 4 nitrogen and oxygen atoms in total. The number of aryl methyl sites for hydroxylation is 1. The molecule has 0 fully saturated rings. The van der Waals surface area contributed by atoms with Crippen LogP contribution in [0.4, 0.5) is 5.69 Å². The Balaban J connectivity index is 2.64. The third-order valence-corrected chi connectivity index (χ3v) is 2.76. The highest BCUT2D eigenvalue weighted by Gasteiger charge is 2.10. The summed E-state index contributed by atoms with van der Waals surface area (Å²) in [5, 5.41) is 0.889. The van der Waals surface area contributed by atoms with E-state index in [1.807, 2.05) is 31.2 Å². The second-order valence-electron chi connectivity index (χ2n) is 3.54. The molecule has 0 unspecified atom stereocenters. The Hall–Kier alpha value is -1.49. The molecule has 0 aliphatic carbocycles. The van der Waals surface area contributed by atoms with Gasteiger partial charge in [0.1, 0.15) is 0 Å². The average Bonchev–Trinajstić information content (AvgIpc) is 2.41. The zero-order valence-electron chi connectivity index (χ0n) is 8.53. The molecule has 0 saturated carbocycles. The van der Waals surface area contributed by atoms with Crippen LogP contribution < -0.4 is 4.72 Å². The highest BCUT2D eigenvalue weighted by molar-refractivity contribution is 7.92. The van der Waals surface area contributed by atoms with Crippen molar-refractivity contribution in [2.45, 2.75) is 6.92 Å². The van der Waals surface area contributed by atoms with Gasteiger partial charge in [-0.25, -0.2) is 8.42 Å². The number of benzene rings is 1. The van der Waals surface area contributed by atoms with E-state index in [-0.39, 0.29) is 0 Å². The predicted molar refractivity (Wildman–Crippen MR) is 61.5 cm³/mol. The highest BCUT2D eigenvalue weighted by Crippen LogP contribution is 2.27. The van der Waals surface area contributed by atoms with Crippen LogP contribution in [0, 0.1) is 6.92 Å². The summed E-state index contributed by atoms with van der Waals surface area (Å²) in [4.78, 5) is 3.12. The first kappa shape index (κ1) is 10.0. The van der Waals surface area contributed by atoms with Crippen molar-refractivity contribution in [3.63, 3.8) is 0 Å². The van der Waals surface area contributed by atoms with Gasteiger partial charge in [0.15, 0.2) is 0 Å². The maximum atomic E-state index is 11.2. The van der Waals surface area contributed by atoms with Crippen molar-refractivity contribution in [1.29, 1.82) is 0 Å². The third kappa shape index (κ3) is 1.97. The number of H-pyrrole nitrogens is 1. The number of para-hydroxylation sites is 1. The van der Waals surface area contributed by atoms with E-state index in [0.717, 1.165) is 22.9 Å². The zero-order chi connectivity index (χ0) is 11.1. The average molecular weight is 224 g/mol. The molecule has 0 amide bonds. The number of rotatable bonds is 2. The zero-order valence-corrected chi connectivity index (χ0v) is 9.35. The Morgan fingerprint density at radius 1 is 1.27 bits per heavy atom. The molecular weight excluding hydrogens is 212 g/mol. The molecule has 2 N–H and O–H groups in total. The molecular formula is C10H12N2O2S. The lowest BCUT2D eigenvalue weighted by Gasteiger charge is -2.02. The second kappa shape index (κ2) is 3.27. The summed E-state index contributed by atoms with van der Waals surface area (Å²) in [6.45, 7) is 1.84. The normalized spacial score (nSPS) is 11.9. The summed E-state index contributed by atoms with van der Waals surface area (Å²) in [5.41, 5.74) is 2.39. The summed E-state index contributed by atoms with van der Waals surface area (Å²) in [7, 11) is -3.23. The van der Waals surface area contributed by atoms with Gasteiger partial charge in [-0.05, 0) is 13.0 Å². The fourth-order valence-corrected chi connectivity index (χ4v) is 2.23. The van der Waals surface area contributed by atoms with Gasteiger partial charge in [0, 0.05) is 16.6 Å². The molecule has 0 saturated heterocycles. The molecule has 5 heteroatoms. The van der Waals surface area contributed by atoms with E-state index in [0.29, 0.717) is 5.69 Å². The minimum atomic E-state index is -3.23. The Labute approximate surface area is 88.4 Å². The molecule has 15 heavy (non-hydrogen) atoms. The molecule has 0 aliphatic heterocycles. The molecule has 1 heterocycles. The molecule has 0 spiro atoms. The van der Waals surface area contributed by atoms with Gasteiger partial charge in [0.25, 0.3) is 0 Å². The molecule has 0 aliphatic rings. The number of aromatic nitrogens is 1. The van der Waals surface area contributed by atoms with Crippen molar-refractivity contribution < 1.29 is 8.42 Å². The van der Waals surface area contributed by atoms with Gasteiger partial charge in [-0.1, -0.05) is 18.2 Å². The van der Waals surface area contributed by atoms with Crippen molar-refractivity contribution in [1.82, 2.24) is 4.98 Å². The molecule has 2 rings (SSSR count). The molecule has 80 valence electrons. The molecule has 1 aromatic carbocycles. The third-order valence-electron chi connectivity index (χ3n) is 2.18. The number of nitrogens with one attached hydrogen (secondary N) is 2. The maximum Gasteiger partial charge on any atom is 0.229 e. The largest absolute Gasteiger partial charge is 0.357 e. The van der Waals surface area contributed by atoms with E-state index in [4.69, 9.17) is 0 Å². The lowest BCUT2D eigenvalue weighted by molar-refractivity contribution is 0.607. The van der Waals surface area contributed by atoms with Gasteiger partial charge < -0.3 is 4.98 Å². The number of aromatic amines is 1. The van der Waals surface area contributed by atoms with Crippen LogP contribution in [-0.2, 0) is 10.0 Å². The fourth-order valence-electron chi connectivity index (χ4n) is 1.59. The maximum absolute atomic E-state index is 11.2.